The molecule has 1 heterocycles. The first kappa shape index (κ1) is 17.3. The molecule has 1 unspecified atom stereocenters. The van der Waals surface area contributed by atoms with Crippen LogP contribution >= 0.6 is 0 Å². The van der Waals surface area contributed by atoms with E-state index in [-0.39, 0.29) is 17.6 Å². The number of ether oxygens (including phenoxy) is 1. The zero-order valence-electron chi connectivity index (χ0n) is 14.6. The lowest BCUT2D eigenvalue weighted by molar-refractivity contribution is 0.385. The van der Waals surface area contributed by atoms with Gasteiger partial charge in [0.1, 0.15) is 5.82 Å². The number of rotatable bonds is 6. The van der Waals surface area contributed by atoms with Crippen LogP contribution in [0.15, 0.2) is 18.2 Å². The lowest BCUT2D eigenvalue weighted by atomic mass is 10.1. The Bertz CT molecular complexity index is 681. The van der Waals surface area contributed by atoms with E-state index in [1.54, 1.807) is 6.07 Å². The molecular weight excluding hydrogens is 295 g/mol. The summed E-state index contributed by atoms with van der Waals surface area (Å²) in [4.78, 5) is 2.05. The van der Waals surface area contributed by atoms with Crippen LogP contribution in [0.25, 0.3) is 0 Å². The van der Waals surface area contributed by atoms with Gasteiger partial charge in [-0.1, -0.05) is 6.07 Å². The van der Waals surface area contributed by atoms with Crippen molar-refractivity contribution in [2.75, 3.05) is 26.1 Å². The van der Waals surface area contributed by atoms with Gasteiger partial charge in [-0.25, -0.2) is 4.39 Å². The maximum absolute atomic E-state index is 13.8. The molecule has 1 N–H and O–H groups in total. The van der Waals surface area contributed by atoms with Gasteiger partial charge in [-0.3, -0.25) is 4.68 Å². The zero-order chi connectivity index (χ0) is 17.1. The summed E-state index contributed by atoms with van der Waals surface area (Å²) in [7, 11) is 7.41. The largest absolute Gasteiger partial charge is 0.494 e. The molecule has 6 heteroatoms. The Balaban J connectivity index is 2.13. The third-order valence-electron chi connectivity index (χ3n) is 4.00. The number of anilines is 1. The number of nitrogens with one attached hydrogen (secondary N) is 1. The summed E-state index contributed by atoms with van der Waals surface area (Å²) in [6.45, 7) is 4.69. The fourth-order valence-electron chi connectivity index (χ4n) is 2.78. The molecule has 0 radical (unpaired) electrons. The molecule has 1 atom stereocenters. The van der Waals surface area contributed by atoms with Crippen molar-refractivity contribution in [1.29, 1.82) is 0 Å². The van der Waals surface area contributed by atoms with Crippen LogP contribution in [-0.4, -0.2) is 31.0 Å². The molecule has 0 fully saturated rings. The highest BCUT2D eigenvalue weighted by Gasteiger charge is 2.16. The third-order valence-corrected chi connectivity index (χ3v) is 4.00. The Morgan fingerprint density at radius 2 is 2.09 bits per heavy atom. The standard InChI is InChI=1S/C17H25FN4O/c1-11(13-7-8-16(23-6)15(18)9-13)19-10-14-12(2)20-22(5)17(14)21(3)4/h7-9,11,19H,10H2,1-6H3. The summed E-state index contributed by atoms with van der Waals surface area (Å²) < 4.78 is 20.7. The van der Waals surface area contributed by atoms with Gasteiger partial charge in [0, 0.05) is 39.3 Å². The Morgan fingerprint density at radius 3 is 2.65 bits per heavy atom. The fraction of sp³-hybridized carbons (Fsp3) is 0.471. The molecule has 2 rings (SSSR count). The molecule has 1 aromatic carbocycles. The number of aromatic nitrogens is 2. The lowest BCUT2D eigenvalue weighted by Gasteiger charge is -2.18. The molecule has 0 aliphatic rings. The van der Waals surface area contributed by atoms with Crippen LogP contribution < -0.4 is 15.0 Å². The third kappa shape index (κ3) is 3.64. The minimum absolute atomic E-state index is 0.0185. The SMILES string of the molecule is COc1ccc(C(C)NCc2c(C)nn(C)c2N(C)C)cc1F. The maximum Gasteiger partial charge on any atom is 0.165 e. The number of methoxy groups -OCH3 is 1. The molecule has 23 heavy (non-hydrogen) atoms. The van der Waals surface area contributed by atoms with Crippen LogP contribution in [0, 0.1) is 12.7 Å². The van der Waals surface area contributed by atoms with E-state index in [1.165, 1.54) is 13.2 Å². The Labute approximate surface area is 137 Å². The smallest absolute Gasteiger partial charge is 0.165 e. The summed E-state index contributed by atoms with van der Waals surface area (Å²) in [5.41, 5.74) is 3.03. The van der Waals surface area contributed by atoms with E-state index in [2.05, 4.69) is 15.3 Å². The molecule has 2 aromatic rings. The molecule has 126 valence electrons. The number of nitrogens with zero attached hydrogens (tertiary/aromatic N) is 3. The van der Waals surface area contributed by atoms with Gasteiger partial charge in [0.2, 0.25) is 0 Å². The van der Waals surface area contributed by atoms with Crippen molar-refractivity contribution < 1.29 is 9.13 Å². The van der Waals surface area contributed by atoms with Crippen LogP contribution in [-0.2, 0) is 13.6 Å². The molecule has 0 saturated carbocycles. The Hall–Kier alpha value is -2.08. The average molecular weight is 320 g/mol. The Kier molecular flexibility index (Phi) is 5.26. The van der Waals surface area contributed by atoms with Crippen LogP contribution in [0.4, 0.5) is 10.2 Å². The van der Waals surface area contributed by atoms with Crippen molar-refractivity contribution in [1.82, 2.24) is 15.1 Å². The van der Waals surface area contributed by atoms with Gasteiger partial charge >= 0.3 is 0 Å². The highest BCUT2D eigenvalue weighted by molar-refractivity contribution is 5.48. The second kappa shape index (κ2) is 7.00. The van der Waals surface area contributed by atoms with Crippen LogP contribution in [0.3, 0.4) is 0 Å². The van der Waals surface area contributed by atoms with Gasteiger partial charge in [-0.15, -0.1) is 0 Å². The first-order chi connectivity index (χ1) is 10.8. The predicted octanol–water partition coefficient (Wildman–Crippen LogP) is 2.79. The highest BCUT2D eigenvalue weighted by Crippen LogP contribution is 2.24. The van der Waals surface area contributed by atoms with Crippen molar-refractivity contribution in [2.45, 2.75) is 26.4 Å². The summed E-state index contributed by atoms with van der Waals surface area (Å²) in [6, 6.07) is 5.07. The van der Waals surface area contributed by atoms with Gasteiger partial charge in [0.05, 0.1) is 12.8 Å². The number of benzene rings is 1. The number of hydrogen-bond donors (Lipinski definition) is 1. The molecule has 0 aliphatic heterocycles. The van der Waals surface area contributed by atoms with Crippen molar-refractivity contribution >= 4 is 5.82 Å². The van der Waals surface area contributed by atoms with Crippen molar-refractivity contribution in [3.63, 3.8) is 0 Å². The van der Waals surface area contributed by atoms with Gasteiger partial charge in [0.15, 0.2) is 11.6 Å². The van der Waals surface area contributed by atoms with Crippen LogP contribution in [0.1, 0.15) is 29.8 Å². The highest BCUT2D eigenvalue weighted by atomic mass is 19.1. The monoisotopic (exact) mass is 320 g/mol. The second-order valence-corrected chi connectivity index (χ2v) is 5.90. The molecular formula is C17H25FN4O. The lowest BCUT2D eigenvalue weighted by Crippen LogP contribution is -2.21. The number of aryl methyl sites for hydroxylation is 2. The fourth-order valence-corrected chi connectivity index (χ4v) is 2.78. The van der Waals surface area contributed by atoms with Crippen LogP contribution in [0.2, 0.25) is 0 Å². The molecule has 5 nitrogen and oxygen atoms in total. The zero-order valence-corrected chi connectivity index (χ0v) is 14.6. The second-order valence-electron chi connectivity index (χ2n) is 5.90. The van der Waals surface area contributed by atoms with Gasteiger partial charge in [-0.2, -0.15) is 5.10 Å². The quantitative estimate of drug-likeness (QED) is 0.889. The van der Waals surface area contributed by atoms with Crippen molar-refractivity contribution in [3.05, 3.63) is 40.8 Å². The minimum Gasteiger partial charge on any atom is -0.494 e. The van der Waals surface area contributed by atoms with E-state index in [9.17, 15) is 4.39 Å². The number of hydrogen-bond acceptors (Lipinski definition) is 4. The molecule has 0 spiro atoms. The van der Waals surface area contributed by atoms with Gasteiger partial charge in [0.25, 0.3) is 0 Å². The van der Waals surface area contributed by atoms with Gasteiger partial charge in [-0.05, 0) is 31.5 Å². The molecule has 0 amide bonds. The van der Waals surface area contributed by atoms with Crippen molar-refractivity contribution in [2.24, 2.45) is 7.05 Å². The first-order valence-corrected chi connectivity index (χ1v) is 7.61. The average Bonchev–Trinajstić information content (AvgIpc) is 2.78. The van der Waals surface area contributed by atoms with E-state index in [4.69, 9.17) is 4.74 Å². The Morgan fingerprint density at radius 1 is 1.39 bits per heavy atom. The minimum atomic E-state index is -0.342. The predicted molar refractivity (Wildman–Crippen MR) is 90.5 cm³/mol. The maximum atomic E-state index is 13.8. The summed E-state index contributed by atoms with van der Waals surface area (Å²) in [5, 5.41) is 7.92. The van der Waals surface area contributed by atoms with E-state index < -0.39 is 0 Å². The molecule has 0 saturated heterocycles. The first-order valence-electron chi connectivity index (χ1n) is 7.61. The van der Waals surface area contributed by atoms with Gasteiger partial charge < -0.3 is 15.0 Å². The topological polar surface area (TPSA) is 42.3 Å². The van der Waals surface area contributed by atoms with Crippen LogP contribution in [0.5, 0.6) is 5.75 Å². The van der Waals surface area contributed by atoms with E-state index in [1.807, 2.05) is 45.7 Å². The van der Waals surface area contributed by atoms with E-state index in [0.29, 0.717) is 6.54 Å². The summed E-state index contributed by atoms with van der Waals surface area (Å²) >= 11 is 0. The van der Waals surface area contributed by atoms with Crippen molar-refractivity contribution in [3.8, 4) is 5.75 Å². The summed E-state index contributed by atoms with van der Waals surface area (Å²) in [6.07, 6.45) is 0. The normalized spacial score (nSPS) is 12.3. The summed E-state index contributed by atoms with van der Waals surface area (Å²) in [5.74, 6) is 0.993. The molecule has 0 bridgehead atoms. The molecule has 1 aromatic heterocycles. The molecule has 0 aliphatic carbocycles. The van der Waals surface area contributed by atoms with E-state index in [0.717, 1.165) is 22.6 Å². The number of halogens is 1. The van der Waals surface area contributed by atoms with E-state index >= 15 is 0 Å².